The molecule has 3 aromatic rings. The highest BCUT2D eigenvalue weighted by Crippen LogP contribution is 2.34. The van der Waals surface area contributed by atoms with Gasteiger partial charge in [0.15, 0.2) is 0 Å². The number of hydrogen-bond donors (Lipinski definition) is 1. The number of carbonyl (C=O) groups excluding carboxylic acids is 1. The Morgan fingerprint density at radius 2 is 1.56 bits per heavy atom. The van der Waals surface area contributed by atoms with E-state index in [2.05, 4.69) is 5.32 Å². The van der Waals surface area contributed by atoms with E-state index in [1.807, 2.05) is 37.3 Å². The Labute approximate surface area is 145 Å². The average molecular weight is 332 g/mol. The molecular formula is C20H16N2O3. The Bertz CT molecular complexity index is 922. The number of nitrogens with one attached hydrogen (secondary N) is 1. The quantitative estimate of drug-likeness (QED) is 0.550. The van der Waals surface area contributed by atoms with Gasteiger partial charge in [-0.05, 0) is 41.8 Å². The Balaban J connectivity index is 2.04. The lowest BCUT2D eigenvalue weighted by Crippen LogP contribution is -2.13. The maximum Gasteiger partial charge on any atom is 0.293 e. The first-order valence-electron chi connectivity index (χ1n) is 7.77. The summed E-state index contributed by atoms with van der Waals surface area (Å²) < 4.78 is 0. The van der Waals surface area contributed by atoms with Crippen LogP contribution in [0.25, 0.3) is 11.1 Å². The van der Waals surface area contributed by atoms with Crippen LogP contribution in [-0.4, -0.2) is 10.8 Å². The fourth-order valence-electron chi connectivity index (χ4n) is 2.66. The zero-order valence-electron chi connectivity index (χ0n) is 13.6. The number of aryl methyl sites for hydroxylation is 1. The highest BCUT2D eigenvalue weighted by Gasteiger charge is 2.19. The van der Waals surface area contributed by atoms with Crippen molar-refractivity contribution in [1.82, 2.24) is 0 Å². The molecule has 0 bridgehead atoms. The van der Waals surface area contributed by atoms with Crippen molar-refractivity contribution in [2.24, 2.45) is 0 Å². The molecule has 0 unspecified atom stereocenters. The summed E-state index contributed by atoms with van der Waals surface area (Å²) in [4.78, 5) is 23.3. The molecule has 3 rings (SSSR count). The van der Waals surface area contributed by atoms with Gasteiger partial charge in [0.2, 0.25) is 0 Å². The van der Waals surface area contributed by atoms with Gasteiger partial charge in [-0.2, -0.15) is 0 Å². The fourth-order valence-corrected chi connectivity index (χ4v) is 2.66. The molecule has 5 nitrogen and oxygen atoms in total. The van der Waals surface area contributed by atoms with Gasteiger partial charge >= 0.3 is 0 Å². The van der Waals surface area contributed by atoms with Crippen LogP contribution in [0.5, 0.6) is 0 Å². The maximum absolute atomic E-state index is 12.4. The number of nitrogens with zero attached hydrogens (tertiary/aromatic N) is 1. The van der Waals surface area contributed by atoms with E-state index in [1.54, 1.807) is 36.4 Å². The van der Waals surface area contributed by atoms with Gasteiger partial charge in [0, 0.05) is 11.6 Å². The van der Waals surface area contributed by atoms with Crippen LogP contribution in [0.15, 0.2) is 72.8 Å². The monoisotopic (exact) mass is 332 g/mol. The van der Waals surface area contributed by atoms with E-state index >= 15 is 0 Å². The number of carbonyl (C=O) groups is 1. The van der Waals surface area contributed by atoms with Crippen molar-refractivity contribution < 1.29 is 9.72 Å². The van der Waals surface area contributed by atoms with Crippen LogP contribution < -0.4 is 5.32 Å². The number of hydrogen-bond acceptors (Lipinski definition) is 3. The van der Waals surface area contributed by atoms with Crippen molar-refractivity contribution in [2.75, 3.05) is 5.32 Å². The van der Waals surface area contributed by atoms with Crippen molar-refractivity contribution in [3.63, 3.8) is 0 Å². The van der Waals surface area contributed by atoms with Crippen molar-refractivity contribution >= 4 is 17.3 Å². The number of amides is 1. The predicted octanol–water partition coefficient (Wildman–Crippen LogP) is 4.82. The number of nitro groups is 1. The van der Waals surface area contributed by atoms with Gasteiger partial charge in [-0.1, -0.05) is 48.5 Å². The molecule has 0 aliphatic heterocycles. The largest absolute Gasteiger partial charge is 0.316 e. The summed E-state index contributed by atoms with van der Waals surface area (Å²) in [6.07, 6.45) is 0. The predicted molar refractivity (Wildman–Crippen MR) is 97.7 cm³/mol. The summed E-state index contributed by atoms with van der Waals surface area (Å²) in [7, 11) is 0. The van der Waals surface area contributed by atoms with Gasteiger partial charge in [0.05, 0.1) is 4.92 Å². The van der Waals surface area contributed by atoms with Gasteiger partial charge in [-0.3, -0.25) is 14.9 Å². The van der Waals surface area contributed by atoms with Gasteiger partial charge in [0.1, 0.15) is 5.69 Å². The highest BCUT2D eigenvalue weighted by molar-refractivity contribution is 6.05. The Morgan fingerprint density at radius 3 is 2.16 bits per heavy atom. The molecule has 0 fully saturated rings. The smallest absolute Gasteiger partial charge is 0.293 e. The second-order valence-electron chi connectivity index (χ2n) is 5.63. The fraction of sp³-hybridized carbons (Fsp3) is 0.0500. The summed E-state index contributed by atoms with van der Waals surface area (Å²) in [5.74, 6) is -0.383. The third kappa shape index (κ3) is 3.55. The van der Waals surface area contributed by atoms with E-state index < -0.39 is 4.92 Å². The lowest BCUT2D eigenvalue weighted by Gasteiger charge is -2.11. The van der Waals surface area contributed by atoms with E-state index in [-0.39, 0.29) is 17.3 Å². The van der Waals surface area contributed by atoms with Crippen LogP contribution in [0.3, 0.4) is 0 Å². The molecule has 0 heterocycles. The summed E-state index contributed by atoms with van der Waals surface area (Å²) in [6, 6.07) is 21.3. The minimum Gasteiger partial charge on any atom is -0.316 e. The molecular weight excluding hydrogens is 316 g/mol. The first-order chi connectivity index (χ1) is 12.1. The number of nitro benzene ring substituents is 1. The summed E-state index contributed by atoms with van der Waals surface area (Å²) in [6.45, 7) is 1.82. The maximum atomic E-state index is 12.4. The van der Waals surface area contributed by atoms with Crippen molar-refractivity contribution in [3.05, 3.63) is 94.0 Å². The van der Waals surface area contributed by atoms with Crippen LogP contribution in [-0.2, 0) is 0 Å². The minimum absolute atomic E-state index is 0.124. The zero-order chi connectivity index (χ0) is 17.8. The number of benzene rings is 3. The average Bonchev–Trinajstić information content (AvgIpc) is 2.64. The first kappa shape index (κ1) is 16.4. The van der Waals surface area contributed by atoms with Gasteiger partial charge < -0.3 is 5.32 Å². The van der Waals surface area contributed by atoms with Crippen LogP contribution in [0.2, 0.25) is 0 Å². The van der Waals surface area contributed by atoms with Crippen LogP contribution in [0.4, 0.5) is 11.4 Å². The molecule has 3 aromatic carbocycles. The molecule has 0 saturated carbocycles. The normalized spacial score (nSPS) is 10.3. The molecule has 25 heavy (non-hydrogen) atoms. The van der Waals surface area contributed by atoms with Crippen molar-refractivity contribution in [3.8, 4) is 11.1 Å². The number of rotatable bonds is 4. The van der Waals surface area contributed by atoms with Crippen molar-refractivity contribution in [2.45, 2.75) is 6.92 Å². The molecule has 5 heteroatoms. The summed E-state index contributed by atoms with van der Waals surface area (Å²) in [5.41, 5.74) is 3.05. The van der Waals surface area contributed by atoms with Crippen molar-refractivity contribution in [1.29, 1.82) is 0 Å². The van der Waals surface area contributed by atoms with E-state index in [1.165, 1.54) is 6.07 Å². The highest BCUT2D eigenvalue weighted by atomic mass is 16.6. The van der Waals surface area contributed by atoms with E-state index in [4.69, 9.17) is 0 Å². The molecule has 0 saturated heterocycles. The van der Waals surface area contributed by atoms with Gasteiger partial charge in [0.25, 0.3) is 11.6 Å². The van der Waals surface area contributed by atoms with Crippen LogP contribution in [0.1, 0.15) is 15.9 Å². The molecule has 124 valence electrons. The SMILES string of the molecule is Cc1cc([N+](=O)[O-])c(NC(=O)c2ccccc2)cc1-c1ccccc1. The van der Waals surface area contributed by atoms with Crippen LogP contribution in [0, 0.1) is 17.0 Å². The second kappa shape index (κ2) is 6.97. The lowest BCUT2D eigenvalue weighted by molar-refractivity contribution is -0.383. The molecule has 0 aromatic heterocycles. The van der Waals surface area contributed by atoms with E-state index in [0.29, 0.717) is 5.56 Å². The molecule has 1 amide bonds. The molecule has 0 radical (unpaired) electrons. The third-order valence-electron chi connectivity index (χ3n) is 3.91. The second-order valence-corrected chi connectivity index (χ2v) is 5.63. The summed E-state index contributed by atoms with van der Waals surface area (Å²) >= 11 is 0. The molecule has 0 aliphatic carbocycles. The first-order valence-corrected chi connectivity index (χ1v) is 7.77. The van der Waals surface area contributed by atoms with Gasteiger partial charge in [-0.25, -0.2) is 0 Å². The molecule has 0 aliphatic rings. The third-order valence-corrected chi connectivity index (χ3v) is 3.91. The molecule has 1 N–H and O–H groups in total. The van der Waals surface area contributed by atoms with Crippen LogP contribution >= 0.6 is 0 Å². The summed E-state index contributed by atoms with van der Waals surface area (Å²) in [5, 5.41) is 14.1. The lowest BCUT2D eigenvalue weighted by atomic mass is 9.99. The van der Waals surface area contributed by atoms with E-state index in [0.717, 1.165) is 16.7 Å². The Morgan fingerprint density at radius 1 is 0.960 bits per heavy atom. The minimum atomic E-state index is -0.484. The Kier molecular flexibility index (Phi) is 4.57. The molecule has 0 atom stereocenters. The van der Waals surface area contributed by atoms with Gasteiger partial charge in [-0.15, -0.1) is 0 Å². The Hall–Kier alpha value is -3.47. The number of anilines is 1. The van der Waals surface area contributed by atoms with E-state index in [9.17, 15) is 14.9 Å². The zero-order valence-corrected chi connectivity index (χ0v) is 13.6. The topological polar surface area (TPSA) is 72.2 Å². The standard InChI is InChI=1S/C20H16N2O3/c1-14-12-19(22(24)25)18(13-17(14)15-8-4-2-5-9-15)21-20(23)16-10-6-3-7-11-16/h2-13H,1H3,(H,21,23). The molecule has 0 spiro atoms.